The Kier molecular flexibility index (Phi) is 5.97. The van der Waals surface area contributed by atoms with Crippen LogP contribution < -0.4 is 10.1 Å². The number of halogens is 1. The molecule has 1 atom stereocenters. The lowest BCUT2D eigenvalue weighted by Crippen LogP contribution is -2.32. The van der Waals surface area contributed by atoms with Gasteiger partial charge in [-0.3, -0.25) is 0 Å². The van der Waals surface area contributed by atoms with Gasteiger partial charge in [-0.05, 0) is 43.5 Å². The molecule has 0 fully saturated rings. The fourth-order valence-electron chi connectivity index (χ4n) is 1.67. The Balaban J connectivity index is 2.40. The molecule has 0 aliphatic carbocycles. The van der Waals surface area contributed by atoms with Gasteiger partial charge in [0.05, 0.1) is 0 Å². The normalized spacial score (nSPS) is 13.4. The third-order valence-corrected chi connectivity index (χ3v) is 3.13. The second-order valence-corrected chi connectivity index (χ2v) is 6.29. The van der Waals surface area contributed by atoms with Crippen molar-refractivity contribution in [3.63, 3.8) is 0 Å². The second kappa shape index (κ2) is 7.01. The summed E-state index contributed by atoms with van der Waals surface area (Å²) < 4.78 is 5.76. The standard InChI is InChI=1S/C15H24ClNO/c1-15(2,3)9-8-13(17-4)11-18-14-7-5-6-12(16)10-14/h5-7,10,13,17H,8-9,11H2,1-4H3. The SMILES string of the molecule is CNC(CCC(C)(C)C)COc1cccc(Cl)c1. The number of hydrogen-bond acceptors (Lipinski definition) is 2. The average Bonchev–Trinajstić information content (AvgIpc) is 2.28. The van der Waals surface area contributed by atoms with Crippen LogP contribution in [0.2, 0.25) is 5.02 Å². The fourth-order valence-corrected chi connectivity index (χ4v) is 1.85. The van der Waals surface area contributed by atoms with Crippen molar-refractivity contribution in [2.24, 2.45) is 5.41 Å². The van der Waals surface area contributed by atoms with Crippen molar-refractivity contribution in [2.75, 3.05) is 13.7 Å². The molecule has 0 heterocycles. The third-order valence-electron chi connectivity index (χ3n) is 2.90. The van der Waals surface area contributed by atoms with Crippen molar-refractivity contribution in [3.05, 3.63) is 29.3 Å². The van der Waals surface area contributed by atoms with E-state index >= 15 is 0 Å². The van der Waals surface area contributed by atoms with Gasteiger partial charge in [0, 0.05) is 11.1 Å². The lowest BCUT2D eigenvalue weighted by molar-refractivity contribution is 0.242. The Morgan fingerprint density at radius 3 is 2.61 bits per heavy atom. The molecule has 2 nitrogen and oxygen atoms in total. The van der Waals surface area contributed by atoms with Crippen molar-refractivity contribution in [1.82, 2.24) is 5.32 Å². The van der Waals surface area contributed by atoms with Gasteiger partial charge in [0.2, 0.25) is 0 Å². The van der Waals surface area contributed by atoms with E-state index in [0.29, 0.717) is 23.1 Å². The molecule has 0 aliphatic heterocycles. The monoisotopic (exact) mass is 269 g/mol. The summed E-state index contributed by atoms with van der Waals surface area (Å²) in [5, 5.41) is 4.01. The first-order valence-electron chi connectivity index (χ1n) is 6.46. The first-order chi connectivity index (χ1) is 8.40. The van der Waals surface area contributed by atoms with E-state index in [1.165, 1.54) is 6.42 Å². The van der Waals surface area contributed by atoms with Crippen LogP contribution in [-0.2, 0) is 0 Å². The van der Waals surface area contributed by atoms with E-state index < -0.39 is 0 Å². The first-order valence-corrected chi connectivity index (χ1v) is 6.84. The Bertz CT molecular complexity index is 360. The minimum atomic E-state index is 0.366. The molecule has 0 radical (unpaired) electrons. The van der Waals surface area contributed by atoms with E-state index in [9.17, 15) is 0 Å². The molecule has 1 rings (SSSR count). The summed E-state index contributed by atoms with van der Waals surface area (Å²) in [6.45, 7) is 7.46. The Morgan fingerprint density at radius 1 is 1.33 bits per heavy atom. The van der Waals surface area contributed by atoms with Gasteiger partial charge in [0.1, 0.15) is 12.4 Å². The van der Waals surface area contributed by atoms with Crippen molar-refractivity contribution in [1.29, 1.82) is 0 Å². The highest BCUT2D eigenvalue weighted by atomic mass is 35.5. The number of nitrogens with one attached hydrogen (secondary N) is 1. The number of rotatable bonds is 6. The zero-order valence-electron chi connectivity index (χ0n) is 11.8. The maximum atomic E-state index is 5.92. The van der Waals surface area contributed by atoms with Gasteiger partial charge in [-0.15, -0.1) is 0 Å². The van der Waals surface area contributed by atoms with Crippen LogP contribution in [0.5, 0.6) is 5.75 Å². The first kappa shape index (κ1) is 15.3. The van der Waals surface area contributed by atoms with Crippen LogP contribution in [0.4, 0.5) is 0 Å². The molecular weight excluding hydrogens is 246 g/mol. The molecule has 0 spiro atoms. The van der Waals surface area contributed by atoms with Gasteiger partial charge in [0.15, 0.2) is 0 Å². The summed E-state index contributed by atoms with van der Waals surface area (Å²) in [5.41, 5.74) is 0.366. The Hall–Kier alpha value is -0.730. The summed E-state index contributed by atoms with van der Waals surface area (Å²) in [5.74, 6) is 0.832. The second-order valence-electron chi connectivity index (χ2n) is 5.85. The average molecular weight is 270 g/mol. The third kappa shape index (κ3) is 6.27. The summed E-state index contributed by atoms with van der Waals surface area (Å²) in [6.07, 6.45) is 2.29. The van der Waals surface area contributed by atoms with Crippen LogP contribution in [0.1, 0.15) is 33.6 Å². The number of likely N-dealkylation sites (N-methyl/N-ethyl adjacent to an activating group) is 1. The van der Waals surface area contributed by atoms with Gasteiger partial charge >= 0.3 is 0 Å². The molecule has 0 saturated heterocycles. The van der Waals surface area contributed by atoms with E-state index in [1.807, 2.05) is 31.3 Å². The minimum Gasteiger partial charge on any atom is -0.492 e. The van der Waals surface area contributed by atoms with E-state index in [0.717, 1.165) is 12.2 Å². The van der Waals surface area contributed by atoms with Gasteiger partial charge in [0.25, 0.3) is 0 Å². The maximum Gasteiger partial charge on any atom is 0.120 e. The lowest BCUT2D eigenvalue weighted by Gasteiger charge is -2.23. The topological polar surface area (TPSA) is 21.3 Å². The van der Waals surface area contributed by atoms with Crippen LogP contribution in [0, 0.1) is 5.41 Å². The molecule has 0 aromatic heterocycles. The van der Waals surface area contributed by atoms with Crippen molar-refractivity contribution < 1.29 is 4.74 Å². The number of ether oxygens (including phenoxy) is 1. The Morgan fingerprint density at radius 2 is 2.06 bits per heavy atom. The molecule has 0 amide bonds. The van der Waals surface area contributed by atoms with E-state index in [2.05, 4.69) is 26.1 Å². The van der Waals surface area contributed by atoms with Crippen LogP contribution >= 0.6 is 11.6 Å². The van der Waals surface area contributed by atoms with Crippen LogP contribution in [0.25, 0.3) is 0 Å². The quantitative estimate of drug-likeness (QED) is 0.838. The zero-order valence-corrected chi connectivity index (χ0v) is 12.6. The smallest absolute Gasteiger partial charge is 0.120 e. The number of benzene rings is 1. The molecule has 102 valence electrons. The Labute approximate surface area is 116 Å². The molecular formula is C15H24ClNO. The summed E-state index contributed by atoms with van der Waals surface area (Å²) in [4.78, 5) is 0. The van der Waals surface area contributed by atoms with Gasteiger partial charge < -0.3 is 10.1 Å². The maximum absolute atomic E-state index is 5.92. The predicted molar refractivity (Wildman–Crippen MR) is 78.5 cm³/mol. The molecule has 18 heavy (non-hydrogen) atoms. The molecule has 0 saturated carbocycles. The fraction of sp³-hybridized carbons (Fsp3) is 0.600. The highest BCUT2D eigenvalue weighted by Crippen LogP contribution is 2.22. The highest BCUT2D eigenvalue weighted by molar-refractivity contribution is 6.30. The predicted octanol–water partition coefficient (Wildman–Crippen LogP) is 4.13. The summed E-state index contributed by atoms with van der Waals surface area (Å²) in [7, 11) is 1.98. The number of hydrogen-bond donors (Lipinski definition) is 1. The zero-order chi connectivity index (χ0) is 13.6. The summed E-state index contributed by atoms with van der Waals surface area (Å²) in [6, 6.07) is 7.91. The minimum absolute atomic E-state index is 0.366. The van der Waals surface area contributed by atoms with Crippen molar-refractivity contribution in [3.8, 4) is 5.75 Å². The molecule has 1 aromatic rings. The molecule has 1 N–H and O–H groups in total. The molecule has 1 aromatic carbocycles. The van der Waals surface area contributed by atoms with Crippen molar-refractivity contribution >= 4 is 11.6 Å². The molecule has 3 heteroatoms. The van der Waals surface area contributed by atoms with Crippen LogP contribution in [0.15, 0.2) is 24.3 Å². The largest absolute Gasteiger partial charge is 0.492 e. The highest BCUT2D eigenvalue weighted by Gasteiger charge is 2.14. The van der Waals surface area contributed by atoms with Crippen LogP contribution in [-0.4, -0.2) is 19.7 Å². The van der Waals surface area contributed by atoms with E-state index in [4.69, 9.17) is 16.3 Å². The molecule has 1 unspecified atom stereocenters. The lowest BCUT2D eigenvalue weighted by atomic mass is 9.89. The van der Waals surface area contributed by atoms with Gasteiger partial charge in [-0.1, -0.05) is 38.4 Å². The van der Waals surface area contributed by atoms with Crippen molar-refractivity contribution in [2.45, 2.75) is 39.7 Å². The molecule has 0 bridgehead atoms. The van der Waals surface area contributed by atoms with E-state index in [-0.39, 0.29) is 0 Å². The van der Waals surface area contributed by atoms with Gasteiger partial charge in [-0.2, -0.15) is 0 Å². The van der Waals surface area contributed by atoms with E-state index in [1.54, 1.807) is 0 Å². The van der Waals surface area contributed by atoms with Crippen LogP contribution in [0.3, 0.4) is 0 Å². The summed E-state index contributed by atoms with van der Waals surface area (Å²) >= 11 is 5.92. The molecule has 0 aliphatic rings. The van der Waals surface area contributed by atoms with Gasteiger partial charge in [-0.25, -0.2) is 0 Å².